The molecule has 5 heteroatoms. The Kier molecular flexibility index (Phi) is 3.41. The SMILES string of the molecule is CNC(=O)c1ccn(-c2ccc(CN)c3ccccc23)n1. The van der Waals surface area contributed by atoms with Crippen LogP contribution in [0.4, 0.5) is 0 Å². The number of nitrogens with zero attached hydrogens (tertiary/aromatic N) is 2. The number of benzene rings is 2. The highest BCUT2D eigenvalue weighted by Gasteiger charge is 2.11. The van der Waals surface area contributed by atoms with E-state index in [9.17, 15) is 4.79 Å². The molecule has 0 radical (unpaired) electrons. The summed E-state index contributed by atoms with van der Waals surface area (Å²) in [7, 11) is 1.59. The third-order valence-corrected chi connectivity index (χ3v) is 3.51. The molecule has 3 aromatic rings. The Hall–Kier alpha value is -2.66. The number of amides is 1. The van der Waals surface area contributed by atoms with Crippen molar-refractivity contribution in [1.29, 1.82) is 0 Å². The molecule has 0 unspecified atom stereocenters. The Morgan fingerprint density at radius 1 is 1.19 bits per heavy atom. The Morgan fingerprint density at radius 2 is 1.95 bits per heavy atom. The van der Waals surface area contributed by atoms with Crippen LogP contribution in [0.25, 0.3) is 16.5 Å². The zero-order valence-corrected chi connectivity index (χ0v) is 11.7. The smallest absolute Gasteiger partial charge is 0.271 e. The highest BCUT2D eigenvalue weighted by Crippen LogP contribution is 2.25. The first-order valence-electron chi connectivity index (χ1n) is 6.73. The highest BCUT2D eigenvalue weighted by molar-refractivity contribution is 5.94. The third-order valence-electron chi connectivity index (χ3n) is 3.51. The van der Waals surface area contributed by atoms with Crippen molar-refractivity contribution in [3.05, 3.63) is 59.9 Å². The molecule has 1 aromatic heterocycles. The second-order valence-corrected chi connectivity index (χ2v) is 4.72. The van der Waals surface area contributed by atoms with E-state index in [4.69, 9.17) is 5.73 Å². The minimum absolute atomic E-state index is 0.198. The molecular weight excluding hydrogens is 264 g/mol. The topological polar surface area (TPSA) is 72.9 Å². The monoisotopic (exact) mass is 280 g/mol. The van der Waals surface area contributed by atoms with Gasteiger partial charge in [-0.2, -0.15) is 5.10 Å². The number of carbonyl (C=O) groups is 1. The quantitative estimate of drug-likeness (QED) is 0.769. The molecule has 0 aliphatic heterocycles. The van der Waals surface area contributed by atoms with Gasteiger partial charge in [0, 0.05) is 25.2 Å². The summed E-state index contributed by atoms with van der Waals surface area (Å²) < 4.78 is 1.72. The van der Waals surface area contributed by atoms with Crippen LogP contribution in [0.2, 0.25) is 0 Å². The molecule has 0 spiro atoms. The van der Waals surface area contributed by atoms with Crippen molar-refractivity contribution >= 4 is 16.7 Å². The van der Waals surface area contributed by atoms with Gasteiger partial charge in [-0.05, 0) is 23.1 Å². The van der Waals surface area contributed by atoms with E-state index in [-0.39, 0.29) is 5.91 Å². The standard InChI is InChI=1S/C16H16N4O/c1-18-16(21)14-8-9-20(19-14)15-7-6-11(10-17)12-4-2-3-5-13(12)15/h2-9H,10,17H2,1H3,(H,18,21). The number of carbonyl (C=O) groups excluding carboxylic acids is 1. The highest BCUT2D eigenvalue weighted by atomic mass is 16.1. The van der Waals surface area contributed by atoms with Gasteiger partial charge in [0.15, 0.2) is 5.69 Å². The maximum Gasteiger partial charge on any atom is 0.271 e. The van der Waals surface area contributed by atoms with Gasteiger partial charge in [0.1, 0.15) is 0 Å². The molecule has 106 valence electrons. The van der Waals surface area contributed by atoms with Gasteiger partial charge < -0.3 is 11.1 Å². The minimum Gasteiger partial charge on any atom is -0.354 e. The second-order valence-electron chi connectivity index (χ2n) is 4.72. The van der Waals surface area contributed by atoms with Crippen molar-refractivity contribution in [2.75, 3.05) is 7.05 Å². The Labute approximate surface area is 122 Å². The average Bonchev–Trinajstić information content (AvgIpc) is 3.02. The van der Waals surface area contributed by atoms with Crippen LogP contribution in [0.3, 0.4) is 0 Å². The molecule has 0 bridgehead atoms. The summed E-state index contributed by atoms with van der Waals surface area (Å²) in [5.41, 5.74) is 8.20. The van der Waals surface area contributed by atoms with E-state index in [2.05, 4.69) is 10.4 Å². The molecule has 5 nitrogen and oxygen atoms in total. The Balaban J connectivity index is 2.17. The van der Waals surface area contributed by atoms with Crippen LogP contribution in [0.5, 0.6) is 0 Å². The zero-order chi connectivity index (χ0) is 14.8. The lowest BCUT2D eigenvalue weighted by atomic mass is 10.0. The molecule has 0 fully saturated rings. The summed E-state index contributed by atoms with van der Waals surface area (Å²) in [4.78, 5) is 11.6. The molecule has 1 heterocycles. The van der Waals surface area contributed by atoms with Gasteiger partial charge in [-0.3, -0.25) is 4.79 Å². The van der Waals surface area contributed by atoms with Crippen LogP contribution in [-0.4, -0.2) is 22.7 Å². The van der Waals surface area contributed by atoms with Gasteiger partial charge in [-0.25, -0.2) is 4.68 Å². The summed E-state index contributed by atoms with van der Waals surface area (Å²) in [6.07, 6.45) is 1.79. The lowest BCUT2D eigenvalue weighted by Crippen LogP contribution is -2.18. The van der Waals surface area contributed by atoms with Crippen molar-refractivity contribution in [1.82, 2.24) is 15.1 Å². The fourth-order valence-corrected chi connectivity index (χ4v) is 2.43. The predicted octanol–water partition coefficient (Wildman–Crippen LogP) is 1.84. The largest absolute Gasteiger partial charge is 0.354 e. The zero-order valence-electron chi connectivity index (χ0n) is 11.7. The van der Waals surface area contributed by atoms with Crippen LogP contribution in [-0.2, 0) is 6.54 Å². The van der Waals surface area contributed by atoms with E-state index in [1.54, 1.807) is 24.0 Å². The number of nitrogens with one attached hydrogen (secondary N) is 1. The lowest BCUT2D eigenvalue weighted by Gasteiger charge is -2.10. The minimum atomic E-state index is -0.198. The average molecular weight is 280 g/mol. The van der Waals surface area contributed by atoms with Crippen molar-refractivity contribution < 1.29 is 4.79 Å². The number of hydrogen-bond donors (Lipinski definition) is 2. The maximum absolute atomic E-state index is 11.6. The second kappa shape index (κ2) is 5.38. The number of fused-ring (bicyclic) bond motifs is 1. The first kappa shape index (κ1) is 13.3. The van der Waals surface area contributed by atoms with Crippen LogP contribution < -0.4 is 11.1 Å². The van der Waals surface area contributed by atoms with Crippen molar-refractivity contribution in [2.45, 2.75) is 6.54 Å². The fraction of sp³-hybridized carbons (Fsp3) is 0.125. The molecule has 0 saturated carbocycles. The lowest BCUT2D eigenvalue weighted by molar-refractivity contribution is 0.0957. The number of rotatable bonds is 3. The maximum atomic E-state index is 11.6. The van der Waals surface area contributed by atoms with Gasteiger partial charge in [-0.1, -0.05) is 30.3 Å². The number of nitrogens with two attached hydrogens (primary N) is 1. The van der Waals surface area contributed by atoms with E-state index in [1.807, 2.05) is 36.4 Å². The van der Waals surface area contributed by atoms with Gasteiger partial charge in [0.2, 0.25) is 0 Å². The van der Waals surface area contributed by atoms with Crippen LogP contribution in [0.1, 0.15) is 16.1 Å². The van der Waals surface area contributed by atoms with Crippen LogP contribution >= 0.6 is 0 Å². The first-order chi connectivity index (χ1) is 10.2. The van der Waals surface area contributed by atoms with E-state index in [0.717, 1.165) is 22.0 Å². The Morgan fingerprint density at radius 3 is 2.67 bits per heavy atom. The predicted molar refractivity (Wildman–Crippen MR) is 82.4 cm³/mol. The molecule has 0 aliphatic carbocycles. The summed E-state index contributed by atoms with van der Waals surface area (Å²) in [6, 6.07) is 13.7. The first-order valence-corrected chi connectivity index (χ1v) is 6.73. The normalized spacial score (nSPS) is 10.8. The number of aromatic nitrogens is 2. The van der Waals surface area contributed by atoms with E-state index >= 15 is 0 Å². The van der Waals surface area contributed by atoms with Crippen LogP contribution in [0, 0.1) is 0 Å². The van der Waals surface area contributed by atoms with Gasteiger partial charge >= 0.3 is 0 Å². The summed E-state index contributed by atoms with van der Waals surface area (Å²) in [5.74, 6) is -0.198. The molecule has 1 amide bonds. The van der Waals surface area contributed by atoms with Crippen molar-refractivity contribution in [3.63, 3.8) is 0 Å². The van der Waals surface area contributed by atoms with Gasteiger partial charge in [0.05, 0.1) is 5.69 Å². The van der Waals surface area contributed by atoms with Gasteiger partial charge in [-0.15, -0.1) is 0 Å². The molecule has 0 atom stereocenters. The van der Waals surface area contributed by atoms with Crippen molar-refractivity contribution in [2.24, 2.45) is 5.73 Å². The summed E-state index contributed by atoms with van der Waals surface area (Å²) >= 11 is 0. The van der Waals surface area contributed by atoms with E-state index in [1.165, 1.54) is 0 Å². The van der Waals surface area contributed by atoms with Gasteiger partial charge in [0.25, 0.3) is 5.91 Å². The molecule has 3 N–H and O–H groups in total. The van der Waals surface area contributed by atoms with E-state index < -0.39 is 0 Å². The van der Waals surface area contributed by atoms with Crippen LogP contribution in [0.15, 0.2) is 48.7 Å². The fourth-order valence-electron chi connectivity index (χ4n) is 2.43. The summed E-state index contributed by atoms with van der Waals surface area (Å²) in [6.45, 7) is 0.489. The molecule has 21 heavy (non-hydrogen) atoms. The third kappa shape index (κ3) is 2.28. The molecule has 0 aliphatic rings. The molecule has 3 rings (SSSR count). The van der Waals surface area contributed by atoms with E-state index in [0.29, 0.717) is 12.2 Å². The summed E-state index contributed by atoms with van der Waals surface area (Å²) in [5, 5.41) is 9.07. The number of hydrogen-bond acceptors (Lipinski definition) is 3. The molecule has 0 saturated heterocycles. The van der Waals surface area contributed by atoms with Crippen molar-refractivity contribution in [3.8, 4) is 5.69 Å². The Bertz CT molecular complexity index is 807. The molecular formula is C16H16N4O. The molecule has 2 aromatic carbocycles.